The van der Waals surface area contributed by atoms with E-state index in [0.29, 0.717) is 5.41 Å². The summed E-state index contributed by atoms with van der Waals surface area (Å²) in [5.74, 6) is 1.64. The van der Waals surface area contributed by atoms with Crippen molar-refractivity contribution in [1.82, 2.24) is 4.90 Å². The fourth-order valence-corrected chi connectivity index (χ4v) is 4.27. The van der Waals surface area contributed by atoms with Crippen molar-refractivity contribution >= 4 is 0 Å². The Labute approximate surface area is 113 Å². The van der Waals surface area contributed by atoms with Crippen molar-refractivity contribution in [3.63, 3.8) is 0 Å². The Morgan fingerprint density at radius 1 is 0.944 bits per heavy atom. The third-order valence-corrected chi connectivity index (χ3v) is 5.75. The van der Waals surface area contributed by atoms with E-state index < -0.39 is 0 Å². The van der Waals surface area contributed by atoms with E-state index in [-0.39, 0.29) is 0 Å². The molecular formula is C16H31NO. The van der Waals surface area contributed by atoms with Gasteiger partial charge in [0.2, 0.25) is 0 Å². The van der Waals surface area contributed by atoms with E-state index >= 15 is 0 Å². The highest BCUT2D eigenvalue weighted by Gasteiger charge is 2.41. The Hall–Kier alpha value is -0.0800. The Morgan fingerprint density at radius 3 is 1.89 bits per heavy atom. The standard InChI is InChI=1S/C16H31NO/c1-13(2)16(14(3)4)7-5-15(6-8-16)17-9-11-18-12-10-17/h13-15H,5-12H2,1-4H3. The number of hydrogen-bond acceptors (Lipinski definition) is 2. The highest BCUT2D eigenvalue weighted by Crippen LogP contribution is 2.48. The van der Waals surface area contributed by atoms with Gasteiger partial charge in [-0.05, 0) is 42.9 Å². The predicted octanol–water partition coefficient (Wildman–Crippen LogP) is 3.56. The quantitative estimate of drug-likeness (QED) is 0.762. The van der Waals surface area contributed by atoms with Gasteiger partial charge in [0, 0.05) is 19.1 Å². The largest absolute Gasteiger partial charge is 0.379 e. The van der Waals surface area contributed by atoms with Crippen molar-refractivity contribution in [1.29, 1.82) is 0 Å². The molecule has 2 fully saturated rings. The van der Waals surface area contributed by atoms with Crippen LogP contribution >= 0.6 is 0 Å². The summed E-state index contributed by atoms with van der Waals surface area (Å²) in [6.07, 6.45) is 5.64. The Kier molecular flexibility index (Phi) is 4.71. The molecule has 0 aromatic carbocycles. The summed E-state index contributed by atoms with van der Waals surface area (Å²) in [5.41, 5.74) is 0.600. The maximum Gasteiger partial charge on any atom is 0.0594 e. The normalized spacial score (nSPS) is 27.0. The Morgan fingerprint density at radius 2 is 1.44 bits per heavy atom. The zero-order chi connectivity index (χ0) is 13.2. The molecule has 0 radical (unpaired) electrons. The molecule has 2 aliphatic rings. The van der Waals surface area contributed by atoms with Gasteiger partial charge in [-0.25, -0.2) is 0 Å². The smallest absolute Gasteiger partial charge is 0.0594 e. The molecule has 0 N–H and O–H groups in total. The molecule has 18 heavy (non-hydrogen) atoms. The van der Waals surface area contributed by atoms with Gasteiger partial charge in [0.05, 0.1) is 13.2 Å². The van der Waals surface area contributed by atoms with Gasteiger partial charge >= 0.3 is 0 Å². The minimum Gasteiger partial charge on any atom is -0.379 e. The number of nitrogens with zero attached hydrogens (tertiary/aromatic N) is 1. The first-order valence-corrected chi connectivity index (χ1v) is 7.88. The lowest BCUT2D eigenvalue weighted by molar-refractivity contribution is -0.0233. The molecule has 1 saturated heterocycles. The van der Waals surface area contributed by atoms with Gasteiger partial charge in [-0.1, -0.05) is 27.7 Å². The summed E-state index contributed by atoms with van der Waals surface area (Å²) >= 11 is 0. The van der Waals surface area contributed by atoms with Crippen LogP contribution in [0.1, 0.15) is 53.4 Å². The van der Waals surface area contributed by atoms with E-state index in [2.05, 4.69) is 32.6 Å². The number of hydrogen-bond donors (Lipinski definition) is 0. The molecule has 2 rings (SSSR count). The van der Waals surface area contributed by atoms with Crippen LogP contribution in [0.15, 0.2) is 0 Å². The molecule has 2 nitrogen and oxygen atoms in total. The average molecular weight is 253 g/mol. The van der Waals surface area contributed by atoms with Gasteiger partial charge in [-0.2, -0.15) is 0 Å². The van der Waals surface area contributed by atoms with E-state index in [9.17, 15) is 0 Å². The molecule has 0 unspecified atom stereocenters. The second-order valence-electron chi connectivity index (χ2n) is 6.92. The first kappa shape index (κ1) is 14.3. The van der Waals surface area contributed by atoms with Gasteiger partial charge in [-0.15, -0.1) is 0 Å². The Balaban J connectivity index is 1.93. The molecule has 1 heterocycles. The zero-order valence-corrected chi connectivity index (χ0v) is 12.7. The van der Waals surface area contributed by atoms with E-state index in [1.165, 1.54) is 25.7 Å². The molecule has 0 spiro atoms. The monoisotopic (exact) mass is 253 g/mol. The first-order chi connectivity index (χ1) is 8.56. The summed E-state index contributed by atoms with van der Waals surface area (Å²) in [7, 11) is 0. The van der Waals surface area contributed by atoms with Crippen LogP contribution in [0.3, 0.4) is 0 Å². The predicted molar refractivity (Wildman–Crippen MR) is 76.8 cm³/mol. The van der Waals surface area contributed by atoms with Crippen LogP contribution in [0.2, 0.25) is 0 Å². The third kappa shape index (κ3) is 2.75. The lowest BCUT2D eigenvalue weighted by atomic mass is 9.60. The van der Waals surface area contributed by atoms with Gasteiger partial charge in [0.25, 0.3) is 0 Å². The molecule has 0 atom stereocenters. The van der Waals surface area contributed by atoms with Crippen molar-refractivity contribution in [2.45, 2.75) is 59.4 Å². The molecule has 1 aliphatic heterocycles. The van der Waals surface area contributed by atoms with Crippen LogP contribution < -0.4 is 0 Å². The molecule has 1 aliphatic carbocycles. The number of morpholine rings is 1. The van der Waals surface area contributed by atoms with Crippen LogP contribution in [-0.4, -0.2) is 37.2 Å². The molecule has 1 saturated carbocycles. The van der Waals surface area contributed by atoms with E-state index in [0.717, 1.165) is 44.2 Å². The van der Waals surface area contributed by atoms with Gasteiger partial charge < -0.3 is 4.74 Å². The van der Waals surface area contributed by atoms with E-state index in [1.807, 2.05) is 0 Å². The van der Waals surface area contributed by atoms with Crippen molar-refractivity contribution in [3.05, 3.63) is 0 Å². The van der Waals surface area contributed by atoms with Crippen molar-refractivity contribution in [3.8, 4) is 0 Å². The van der Waals surface area contributed by atoms with Crippen LogP contribution in [0, 0.1) is 17.3 Å². The van der Waals surface area contributed by atoms with Crippen LogP contribution in [0.5, 0.6) is 0 Å². The second kappa shape index (κ2) is 5.92. The average Bonchev–Trinajstić information content (AvgIpc) is 2.39. The number of ether oxygens (including phenoxy) is 1. The Bertz CT molecular complexity index is 238. The highest BCUT2D eigenvalue weighted by atomic mass is 16.5. The van der Waals surface area contributed by atoms with E-state index in [4.69, 9.17) is 4.74 Å². The third-order valence-electron chi connectivity index (χ3n) is 5.75. The lowest BCUT2D eigenvalue weighted by Gasteiger charge is -2.49. The molecule has 0 aromatic heterocycles. The summed E-state index contributed by atoms with van der Waals surface area (Å²) < 4.78 is 5.47. The van der Waals surface area contributed by atoms with Crippen molar-refractivity contribution < 1.29 is 4.74 Å². The molecule has 0 aromatic rings. The van der Waals surface area contributed by atoms with Gasteiger partial charge in [-0.3, -0.25) is 4.90 Å². The topological polar surface area (TPSA) is 12.5 Å². The van der Waals surface area contributed by atoms with Crippen LogP contribution in [0.4, 0.5) is 0 Å². The first-order valence-electron chi connectivity index (χ1n) is 7.88. The van der Waals surface area contributed by atoms with Gasteiger partial charge in [0.15, 0.2) is 0 Å². The molecule has 106 valence electrons. The summed E-state index contributed by atoms with van der Waals surface area (Å²) in [4.78, 5) is 2.67. The lowest BCUT2D eigenvalue weighted by Crippen LogP contribution is -2.48. The maximum absolute atomic E-state index is 5.47. The fourth-order valence-electron chi connectivity index (χ4n) is 4.27. The maximum atomic E-state index is 5.47. The molecule has 0 amide bonds. The summed E-state index contributed by atoms with van der Waals surface area (Å²) in [5, 5.41) is 0. The SMILES string of the molecule is CC(C)C1(C(C)C)CCC(N2CCOCC2)CC1. The summed E-state index contributed by atoms with van der Waals surface area (Å²) in [6.45, 7) is 13.9. The highest BCUT2D eigenvalue weighted by molar-refractivity contribution is 4.93. The van der Waals surface area contributed by atoms with Crippen molar-refractivity contribution in [2.75, 3.05) is 26.3 Å². The zero-order valence-electron chi connectivity index (χ0n) is 12.7. The molecular weight excluding hydrogens is 222 g/mol. The van der Waals surface area contributed by atoms with Crippen LogP contribution in [0.25, 0.3) is 0 Å². The fraction of sp³-hybridized carbons (Fsp3) is 1.00. The number of rotatable bonds is 3. The van der Waals surface area contributed by atoms with Crippen molar-refractivity contribution in [2.24, 2.45) is 17.3 Å². The molecule has 0 bridgehead atoms. The molecule has 2 heteroatoms. The second-order valence-corrected chi connectivity index (χ2v) is 6.92. The summed E-state index contributed by atoms with van der Waals surface area (Å²) in [6, 6.07) is 0.833. The minimum atomic E-state index is 0.600. The van der Waals surface area contributed by atoms with Crippen LogP contribution in [-0.2, 0) is 4.74 Å². The van der Waals surface area contributed by atoms with E-state index in [1.54, 1.807) is 0 Å². The minimum absolute atomic E-state index is 0.600. The van der Waals surface area contributed by atoms with Gasteiger partial charge in [0.1, 0.15) is 0 Å².